The van der Waals surface area contributed by atoms with Gasteiger partial charge in [0, 0.05) is 27.5 Å². The third-order valence-corrected chi connectivity index (χ3v) is 5.23. The summed E-state index contributed by atoms with van der Waals surface area (Å²) < 4.78 is 0. The van der Waals surface area contributed by atoms with Gasteiger partial charge in [-0.15, -0.1) is 11.3 Å². The molecule has 0 saturated carbocycles. The van der Waals surface area contributed by atoms with Gasteiger partial charge in [0.05, 0.1) is 5.56 Å². The highest BCUT2D eigenvalue weighted by molar-refractivity contribution is 7.16. The van der Waals surface area contributed by atoms with Crippen molar-refractivity contribution in [2.24, 2.45) is 0 Å². The van der Waals surface area contributed by atoms with Gasteiger partial charge in [0.2, 0.25) is 0 Å². The largest absolute Gasteiger partial charge is 0.361 e. The van der Waals surface area contributed by atoms with Gasteiger partial charge in [0.15, 0.2) is 0 Å². The second-order valence-corrected chi connectivity index (χ2v) is 6.55. The molecule has 106 valence electrons. The second kappa shape index (κ2) is 4.36. The van der Waals surface area contributed by atoms with E-state index in [0.717, 1.165) is 32.6 Å². The van der Waals surface area contributed by atoms with Crippen molar-refractivity contribution >= 4 is 33.1 Å². The summed E-state index contributed by atoms with van der Waals surface area (Å²) in [7, 11) is 0. The number of aromatic nitrogens is 1. The van der Waals surface area contributed by atoms with Crippen molar-refractivity contribution in [2.45, 2.75) is 20.0 Å². The Morgan fingerprint density at radius 1 is 1.14 bits per heavy atom. The van der Waals surface area contributed by atoms with Gasteiger partial charge in [-0.2, -0.15) is 0 Å². The molecule has 4 rings (SSSR count). The first-order valence-electron chi connectivity index (χ1n) is 6.88. The van der Waals surface area contributed by atoms with Crippen molar-refractivity contribution < 1.29 is 4.79 Å². The Bertz CT molecular complexity index is 862. The lowest BCUT2D eigenvalue weighted by molar-refractivity contribution is 0.0936. The maximum Gasteiger partial charge on any atom is 0.256 e. The van der Waals surface area contributed by atoms with Crippen LogP contribution in [0, 0.1) is 13.8 Å². The number of hydrogen-bond donors (Lipinski definition) is 3. The Balaban J connectivity index is 1.80. The zero-order valence-corrected chi connectivity index (χ0v) is 12.6. The van der Waals surface area contributed by atoms with Crippen molar-refractivity contribution in [1.29, 1.82) is 0 Å². The average Bonchev–Trinajstić information content (AvgIpc) is 3.01. The van der Waals surface area contributed by atoms with E-state index in [1.165, 1.54) is 4.88 Å². The van der Waals surface area contributed by atoms with E-state index in [4.69, 9.17) is 0 Å². The number of thiophene rings is 1. The van der Waals surface area contributed by atoms with Crippen LogP contribution < -0.4 is 10.6 Å². The predicted octanol–water partition coefficient (Wildman–Crippen LogP) is 3.70. The summed E-state index contributed by atoms with van der Waals surface area (Å²) in [5.74, 6) is 0.000816. The molecule has 0 bridgehead atoms. The van der Waals surface area contributed by atoms with Crippen molar-refractivity contribution in [3.05, 3.63) is 52.0 Å². The number of benzene rings is 1. The van der Waals surface area contributed by atoms with Gasteiger partial charge in [-0.05, 0) is 25.5 Å². The Morgan fingerprint density at radius 2 is 1.95 bits per heavy atom. The van der Waals surface area contributed by atoms with Crippen LogP contribution in [0.1, 0.15) is 32.5 Å². The number of aryl methyl sites for hydroxylation is 1. The van der Waals surface area contributed by atoms with Crippen LogP contribution in [0.3, 0.4) is 0 Å². The van der Waals surface area contributed by atoms with Crippen molar-refractivity contribution in [3.63, 3.8) is 0 Å². The minimum atomic E-state index is -0.196. The summed E-state index contributed by atoms with van der Waals surface area (Å²) in [6.07, 6.45) is 1.76. The van der Waals surface area contributed by atoms with E-state index in [0.29, 0.717) is 0 Å². The summed E-state index contributed by atoms with van der Waals surface area (Å²) in [5, 5.41) is 8.60. The van der Waals surface area contributed by atoms with Gasteiger partial charge in [-0.1, -0.05) is 18.2 Å². The standard InChI is InChI=1S/C16H15N3OS/c1-8-9(2)21-16-13(8)15(20)18-14(19-16)11-7-17-12-6-4-3-5-10(11)12/h3-7,14,17,19H,1-2H3,(H,18,20)/t14-/m0/s1. The number of hydrogen-bond acceptors (Lipinski definition) is 3. The normalized spacial score (nSPS) is 17.4. The Labute approximate surface area is 126 Å². The number of para-hydroxylation sites is 1. The molecule has 1 aromatic carbocycles. The summed E-state index contributed by atoms with van der Waals surface area (Å²) in [6, 6.07) is 8.11. The van der Waals surface area contributed by atoms with Crippen LogP contribution >= 0.6 is 11.3 Å². The molecule has 0 fully saturated rings. The molecule has 1 amide bonds. The molecular weight excluding hydrogens is 282 g/mol. The molecule has 0 unspecified atom stereocenters. The molecule has 3 N–H and O–H groups in total. The Morgan fingerprint density at radius 3 is 2.81 bits per heavy atom. The maximum absolute atomic E-state index is 12.4. The lowest BCUT2D eigenvalue weighted by Crippen LogP contribution is -2.37. The fourth-order valence-corrected chi connectivity index (χ4v) is 3.95. The molecule has 1 atom stereocenters. The Kier molecular flexibility index (Phi) is 2.59. The number of amides is 1. The fourth-order valence-electron chi connectivity index (χ4n) is 2.86. The number of carbonyl (C=O) groups is 1. The third-order valence-electron chi connectivity index (χ3n) is 4.10. The predicted molar refractivity (Wildman–Crippen MR) is 85.9 cm³/mol. The maximum atomic E-state index is 12.4. The molecule has 1 aliphatic rings. The van der Waals surface area contributed by atoms with E-state index in [1.54, 1.807) is 11.3 Å². The first kappa shape index (κ1) is 12.5. The lowest BCUT2D eigenvalue weighted by Gasteiger charge is -2.25. The first-order chi connectivity index (χ1) is 10.1. The molecular formula is C16H15N3OS. The number of nitrogens with one attached hydrogen (secondary N) is 3. The van der Waals surface area contributed by atoms with E-state index in [9.17, 15) is 4.79 Å². The van der Waals surface area contributed by atoms with Gasteiger partial charge in [-0.3, -0.25) is 4.79 Å². The number of carbonyl (C=O) groups excluding carboxylic acids is 1. The number of rotatable bonds is 1. The Hall–Kier alpha value is -2.27. The van der Waals surface area contributed by atoms with Crippen molar-refractivity contribution in [2.75, 3.05) is 5.32 Å². The van der Waals surface area contributed by atoms with E-state index in [1.807, 2.05) is 38.2 Å². The first-order valence-corrected chi connectivity index (χ1v) is 7.70. The molecule has 1 aliphatic heterocycles. The van der Waals surface area contributed by atoms with Crippen LogP contribution in [-0.2, 0) is 0 Å². The van der Waals surface area contributed by atoms with Crippen LogP contribution in [0.5, 0.6) is 0 Å². The van der Waals surface area contributed by atoms with Gasteiger partial charge >= 0.3 is 0 Å². The zero-order valence-electron chi connectivity index (χ0n) is 11.8. The molecule has 5 heteroatoms. The van der Waals surface area contributed by atoms with Crippen molar-refractivity contribution in [3.8, 4) is 0 Å². The molecule has 2 aromatic heterocycles. The summed E-state index contributed by atoms with van der Waals surface area (Å²) in [6.45, 7) is 4.05. The number of aromatic amines is 1. The summed E-state index contributed by atoms with van der Waals surface area (Å²) >= 11 is 1.64. The second-order valence-electron chi connectivity index (χ2n) is 5.33. The smallest absolute Gasteiger partial charge is 0.256 e. The number of fused-ring (bicyclic) bond motifs is 2. The highest BCUT2D eigenvalue weighted by atomic mass is 32.1. The fraction of sp³-hybridized carbons (Fsp3) is 0.188. The molecule has 0 saturated heterocycles. The van der Waals surface area contributed by atoms with Crippen molar-refractivity contribution in [1.82, 2.24) is 10.3 Å². The van der Waals surface area contributed by atoms with Gasteiger partial charge < -0.3 is 15.6 Å². The number of anilines is 1. The lowest BCUT2D eigenvalue weighted by atomic mass is 10.1. The highest BCUT2D eigenvalue weighted by Crippen LogP contribution is 2.38. The van der Waals surface area contributed by atoms with Crippen LogP contribution in [0.25, 0.3) is 10.9 Å². The van der Waals surface area contributed by atoms with Gasteiger partial charge in [0.1, 0.15) is 11.2 Å². The minimum absolute atomic E-state index is 0.000816. The summed E-state index contributed by atoms with van der Waals surface area (Å²) in [4.78, 5) is 16.8. The molecule has 0 radical (unpaired) electrons. The minimum Gasteiger partial charge on any atom is -0.361 e. The summed E-state index contributed by atoms with van der Waals surface area (Å²) in [5.41, 5.74) is 3.99. The van der Waals surface area contributed by atoms with Gasteiger partial charge in [0.25, 0.3) is 5.91 Å². The SMILES string of the molecule is Cc1sc2c(c1C)C(=O)N[C@H](c1c[nH]c3ccccc13)N2. The molecule has 0 aliphatic carbocycles. The third kappa shape index (κ3) is 1.77. The van der Waals surface area contributed by atoms with E-state index in [2.05, 4.69) is 21.7 Å². The van der Waals surface area contributed by atoms with Crippen LogP contribution in [0.4, 0.5) is 5.00 Å². The molecule has 21 heavy (non-hydrogen) atoms. The molecule has 3 aromatic rings. The topological polar surface area (TPSA) is 56.9 Å². The molecule has 4 nitrogen and oxygen atoms in total. The highest BCUT2D eigenvalue weighted by Gasteiger charge is 2.29. The monoisotopic (exact) mass is 297 g/mol. The zero-order chi connectivity index (χ0) is 14.6. The average molecular weight is 297 g/mol. The quantitative estimate of drug-likeness (QED) is 0.641. The van der Waals surface area contributed by atoms with E-state index >= 15 is 0 Å². The molecule has 0 spiro atoms. The van der Waals surface area contributed by atoms with Crippen LogP contribution in [0.2, 0.25) is 0 Å². The number of H-pyrrole nitrogens is 1. The molecule has 3 heterocycles. The van der Waals surface area contributed by atoms with Crippen LogP contribution in [0.15, 0.2) is 30.5 Å². The van der Waals surface area contributed by atoms with Crippen LogP contribution in [-0.4, -0.2) is 10.9 Å². The van der Waals surface area contributed by atoms with E-state index in [-0.39, 0.29) is 12.1 Å². The van der Waals surface area contributed by atoms with Gasteiger partial charge in [-0.25, -0.2) is 0 Å². The van der Waals surface area contributed by atoms with E-state index < -0.39 is 0 Å².